The van der Waals surface area contributed by atoms with Gasteiger partial charge in [0.25, 0.3) is 0 Å². The van der Waals surface area contributed by atoms with E-state index >= 15 is 0 Å². The number of piperidine rings is 1. The van der Waals surface area contributed by atoms with Gasteiger partial charge in [-0.3, -0.25) is 4.79 Å². The van der Waals surface area contributed by atoms with Gasteiger partial charge in [0, 0.05) is 31.5 Å². The van der Waals surface area contributed by atoms with Gasteiger partial charge in [-0.15, -0.1) is 0 Å². The Balaban J connectivity index is 1.10. The van der Waals surface area contributed by atoms with E-state index in [1.54, 1.807) is 0 Å². The Hall–Kier alpha value is -1.48. The first-order chi connectivity index (χ1) is 25.3. The molecule has 3 N–H and O–H groups in total. The number of aliphatic hydroxyl groups excluding tert-OH is 1. The van der Waals surface area contributed by atoms with E-state index in [1.807, 2.05) is 0 Å². The summed E-state index contributed by atoms with van der Waals surface area (Å²) in [5, 5.41) is 23.9. The average Bonchev–Trinajstić information content (AvgIpc) is 3.49. The molecule has 0 spiro atoms. The molecule has 304 valence electrons. The molecule has 6 aliphatic carbocycles. The van der Waals surface area contributed by atoms with Crippen LogP contribution in [0.25, 0.3) is 0 Å². The van der Waals surface area contributed by atoms with Gasteiger partial charge in [0.05, 0.1) is 10.7 Å². The van der Waals surface area contributed by atoms with Crippen LogP contribution in [0.2, 0.25) is 0 Å². The number of nitrogens with zero attached hydrogens (tertiary/aromatic N) is 1. The highest BCUT2D eigenvalue weighted by Gasteiger charge is 2.70. The normalized spacial score (nSPS) is 43.9. The van der Waals surface area contributed by atoms with Crippen molar-refractivity contribution in [2.24, 2.45) is 56.7 Å². The number of carboxylic acid groups (broad SMARTS) is 1. The number of likely N-dealkylation sites (tertiary alicyclic amines) is 1. The highest BCUT2D eigenvalue weighted by atomic mass is 32.2. The van der Waals surface area contributed by atoms with Crippen molar-refractivity contribution in [3.63, 3.8) is 0 Å². The number of sulfone groups is 1. The molecule has 4 saturated carbocycles. The predicted octanol–water partition coefficient (Wildman–Crippen LogP) is 8.60. The van der Waals surface area contributed by atoms with E-state index in [2.05, 4.69) is 70.5 Å². The van der Waals surface area contributed by atoms with Crippen LogP contribution in [-0.2, 0) is 14.6 Å². The van der Waals surface area contributed by atoms with Gasteiger partial charge in [0.15, 0.2) is 0 Å². The van der Waals surface area contributed by atoms with Crippen LogP contribution in [0.1, 0.15) is 138 Å². The summed E-state index contributed by atoms with van der Waals surface area (Å²) in [6.45, 7) is 23.7. The highest BCUT2D eigenvalue weighted by molar-refractivity contribution is 7.91. The van der Waals surface area contributed by atoms with Crippen molar-refractivity contribution in [1.82, 2.24) is 10.2 Å². The smallest absolute Gasteiger partial charge is 0.310 e. The maximum atomic E-state index is 12.3. The third-order valence-corrected chi connectivity index (χ3v) is 20.4. The maximum Gasteiger partial charge on any atom is 0.310 e. The molecule has 10 atom stereocenters. The first kappa shape index (κ1) is 40.7. The molecule has 0 aromatic heterocycles. The third kappa shape index (κ3) is 6.27. The molecular weight excluding hydrogens is 693 g/mol. The average molecular weight is 767 g/mol. The zero-order chi connectivity index (χ0) is 39.1. The lowest BCUT2D eigenvalue weighted by Gasteiger charge is -2.72. The summed E-state index contributed by atoms with van der Waals surface area (Å²) in [5.41, 5.74) is 4.35. The number of aliphatic carboxylic acids is 1. The van der Waals surface area contributed by atoms with E-state index in [1.165, 1.54) is 74.3 Å². The second-order valence-corrected chi connectivity index (χ2v) is 23.5. The summed E-state index contributed by atoms with van der Waals surface area (Å²) in [6.07, 6.45) is 21.2. The number of hydrogen-bond acceptors (Lipinski definition) is 6. The number of nitrogens with one attached hydrogen (secondary N) is 1. The van der Waals surface area contributed by atoms with Crippen LogP contribution in [0, 0.1) is 56.7 Å². The van der Waals surface area contributed by atoms with Gasteiger partial charge in [-0.1, -0.05) is 58.9 Å². The van der Waals surface area contributed by atoms with Crippen LogP contribution in [-0.4, -0.2) is 79.3 Å². The van der Waals surface area contributed by atoms with E-state index in [4.69, 9.17) is 0 Å². The standard InChI is InChI=1S/C46H74N2O5S/c1-31(2)34-13-22-46(47-26-29-48-27-16-33(17-28-48)54(8,52)53)24-23-43(6)36(39(34)46)9-10-38-42(5)18-14-35(41(3,4)37(42)15-19-44(38,43)7)32-11-20-45(21-12-32,25-30-49)40(50)51/h11,14,33-34,36-39,47,49H,1,9-10,12-13,15-30H2,2-8H3,(H,50,51). The Bertz CT molecular complexity index is 1660. The van der Waals surface area contributed by atoms with Crippen LogP contribution >= 0.6 is 0 Å². The fourth-order valence-corrected chi connectivity index (χ4v) is 16.6. The molecular formula is C46H74N2O5S. The fraction of sp³-hybridized carbons (Fsp3) is 0.848. The van der Waals surface area contributed by atoms with Crippen molar-refractivity contribution in [3.8, 4) is 0 Å². The molecule has 54 heavy (non-hydrogen) atoms. The second kappa shape index (κ2) is 14.1. The van der Waals surface area contributed by atoms with Gasteiger partial charge in [-0.25, -0.2) is 8.42 Å². The second-order valence-electron chi connectivity index (χ2n) is 21.2. The lowest BCUT2D eigenvalue weighted by molar-refractivity contribution is -0.221. The molecule has 0 amide bonds. The molecule has 0 bridgehead atoms. The molecule has 0 radical (unpaired) electrons. The fourth-order valence-electron chi connectivity index (χ4n) is 15.5. The van der Waals surface area contributed by atoms with E-state index in [0.29, 0.717) is 48.9 Å². The zero-order valence-corrected chi connectivity index (χ0v) is 35.8. The van der Waals surface area contributed by atoms with E-state index in [9.17, 15) is 23.4 Å². The Morgan fingerprint density at radius 1 is 0.907 bits per heavy atom. The predicted molar refractivity (Wildman–Crippen MR) is 219 cm³/mol. The molecule has 8 heteroatoms. The number of aliphatic hydroxyl groups is 1. The lowest BCUT2D eigenvalue weighted by atomic mass is 9.33. The molecule has 1 saturated heterocycles. The van der Waals surface area contributed by atoms with Gasteiger partial charge < -0.3 is 20.4 Å². The largest absolute Gasteiger partial charge is 0.481 e. The SMILES string of the molecule is C=C(C)C1CCC2(NCCN3CCC(S(C)(=O)=O)CC3)CCC3(C)C(CCC4C5(C)CC=C(C6=CCC(CCO)(C(=O)O)CC6)C(C)(C)C5CCC43C)C12. The lowest BCUT2D eigenvalue weighted by Crippen LogP contribution is -2.68. The molecule has 1 aliphatic heterocycles. The summed E-state index contributed by atoms with van der Waals surface area (Å²) in [4.78, 5) is 14.8. The Labute approximate surface area is 328 Å². The molecule has 0 aromatic carbocycles. The quantitative estimate of drug-likeness (QED) is 0.191. The van der Waals surface area contributed by atoms with E-state index in [0.717, 1.165) is 51.9 Å². The van der Waals surface area contributed by atoms with Crippen molar-refractivity contribution in [3.05, 3.63) is 35.5 Å². The minimum atomic E-state index is -2.95. The van der Waals surface area contributed by atoms with Crippen molar-refractivity contribution in [2.45, 2.75) is 149 Å². The van der Waals surface area contributed by atoms with Crippen LogP contribution in [0.3, 0.4) is 0 Å². The van der Waals surface area contributed by atoms with Crippen molar-refractivity contribution in [1.29, 1.82) is 0 Å². The highest BCUT2D eigenvalue weighted by Crippen LogP contribution is 2.76. The number of hydrogen-bond donors (Lipinski definition) is 3. The number of allylic oxidation sites excluding steroid dienone is 5. The summed E-state index contributed by atoms with van der Waals surface area (Å²) in [5.74, 6) is 2.36. The minimum absolute atomic E-state index is 0.0281. The molecule has 10 unspecified atom stereocenters. The van der Waals surface area contributed by atoms with E-state index in [-0.39, 0.29) is 39.1 Å². The minimum Gasteiger partial charge on any atom is -0.481 e. The van der Waals surface area contributed by atoms with Gasteiger partial charge >= 0.3 is 5.97 Å². The summed E-state index contributed by atoms with van der Waals surface area (Å²) in [7, 11) is -2.95. The first-order valence-electron chi connectivity index (χ1n) is 21.8. The van der Waals surface area contributed by atoms with Crippen molar-refractivity contribution >= 4 is 15.8 Å². The molecule has 5 fully saturated rings. The van der Waals surface area contributed by atoms with Crippen LogP contribution in [0.15, 0.2) is 35.5 Å². The Morgan fingerprint density at radius 3 is 2.24 bits per heavy atom. The van der Waals surface area contributed by atoms with Crippen LogP contribution in [0.4, 0.5) is 0 Å². The van der Waals surface area contributed by atoms with Crippen molar-refractivity contribution < 1.29 is 23.4 Å². The summed E-state index contributed by atoms with van der Waals surface area (Å²) >= 11 is 0. The molecule has 7 aliphatic rings. The number of carbonyl (C=O) groups is 1. The van der Waals surface area contributed by atoms with Crippen LogP contribution < -0.4 is 5.32 Å². The third-order valence-electron chi connectivity index (χ3n) is 18.7. The molecule has 1 heterocycles. The molecule has 7 nitrogen and oxygen atoms in total. The van der Waals surface area contributed by atoms with Crippen molar-refractivity contribution in [2.75, 3.05) is 39.0 Å². The number of rotatable bonds is 10. The van der Waals surface area contributed by atoms with Crippen LogP contribution in [0.5, 0.6) is 0 Å². The molecule has 0 aromatic rings. The monoisotopic (exact) mass is 767 g/mol. The summed E-state index contributed by atoms with van der Waals surface area (Å²) in [6, 6.07) is 0. The topological polar surface area (TPSA) is 107 Å². The summed E-state index contributed by atoms with van der Waals surface area (Å²) < 4.78 is 24.3. The van der Waals surface area contributed by atoms with E-state index < -0.39 is 21.2 Å². The Kier molecular flexibility index (Phi) is 10.6. The maximum absolute atomic E-state index is 12.3. The van der Waals surface area contributed by atoms with Gasteiger partial charge in [0.1, 0.15) is 9.84 Å². The molecule has 7 rings (SSSR count). The van der Waals surface area contributed by atoms with Gasteiger partial charge in [-0.05, 0) is 179 Å². The van der Waals surface area contributed by atoms with Gasteiger partial charge in [0.2, 0.25) is 0 Å². The number of fused-ring (bicyclic) bond motifs is 7. The number of carboxylic acids is 1. The van der Waals surface area contributed by atoms with Gasteiger partial charge in [-0.2, -0.15) is 0 Å². The zero-order valence-electron chi connectivity index (χ0n) is 34.9. The Morgan fingerprint density at radius 2 is 1.63 bits per heavy atom. The first-order valence-corrected chi connectivity index (χ1v) is 23.8.